The largest absolute Gasteiger partial charge is 0.396 e. The Morgan fingerprint density at radius 2 is 2.50 bits per heavy atom. The van der Waals surface area contributed by atoms with Gasteiger partial charge in [0.15, 0.2) is 0 Å². The maximum atomic E-state index is 11.8. The first-order chi connectivity index (χ1) is 7.70. The Hall–Kier alpha value is -1.36. The number of nitrogens with zero attached hydrogens (tertiary/aromatic N) is 2. The summed E-state index contributed by atoms with van der Waals surface area (Å²) in [6.07, 6.45) is 6.27. The van der Waals surface area contributed by atoms with E-state index < -0.39 is 0 Å². The summed E-state index contributed by atoms with van der Waals surface area (Å²) in [7, 11) is 1.78. The van der Waals surface area contributed by atoms with E-state index in [0.717, 1.165) is 19.3 Å². The molecule has 1 aliphatic rings. The first-order valence-electron chi connectivity index (χ1n) is 5.61. The first-order valence-corrected chi connectivity index (χ1v) is 5.61. The highest BCUT2D eigenvalue weighted by Crippen LogP contribution is 2.25. The van der Waals surface area contributed by atoms with Gasteiger partial charge >= 0.3 is 0 Å². The van der Waals surface area contributed by atoms with E-state index in [1.165, 1.54) is 0 Å². The van der Waals surface area contributed by atoms with Gasteiger partial charge in [-0.2, -0.15) is 5.10 Å². The Morgan fingerprint density at radius 1 is 1.69 bits per heavy atom. The molecule has 1 saturated carbocycles. The summed E-state index contributed by atoms with van der Waals surface area (Å²) in [5, 5.41) is 16.1. The van der Waals surface area contributed by atoms with Crippen LogP contribution in [0.3, 0.4) is 0 Å². The first kappa shape index (κ1) is 11.1. The molecular weight excluding hydrogens is 206 g/mol. The van der Waals surface area contributed by atoms with Crippen LogP contribution in [0.1, 0.15) is 29.6 Å². The van der Waals surface area contributed by atoms with Crippen molar-refractivity contribution in [2.45, 2.75) is 25.3 Å². The van der Waals surface area contributed by atoms with E-state index in [1.54, 1.807) is 24.1 Å². The van der Waals surface area contributed by atoms with Gasteiger partial charge in [0.1, 0.15) is 0 Å². The van der Waals surface area contributed by atoms with Gasteiger partial charge in [-0.3, -0.25) is 9.48 Å². The van der Waals surface area contributed by atoms with Gasteiger partial charge < -0.3 is 10.4 Å². The fourth-order valence-corrected chi connectivity index (χ4v) is 2.24. The number of amides is 1. The molecule has 2 atom stereocenters. The molecule has 0 bridgehead atoms. The SMILES string of the molecule is Cn1cc(C(=O)NC2CCCC2CO)cn1. The monoisotopic (exact) mass is 223 g/mol. The fourth-order valence-electron chi connectivity index (χ4n) is 2.24. The molecule has 0 aromatic carbocycles. The van der Waals surface area contributed by atoms with Crippen molar-refractivity contribution in [2.24, 2.45) is 13.0 Å². The molecule has 16 heavy (non-hydrogen) atoms. The van der Waals surface area contributed by atoms with E-state index in [2.05, 4.69) is 10.4 Å². The Morgan fingerprint density at radius 3 is 3.12 bits per heavy atom. The van der Waals surface area contributed by atoms with Gasteiger partial charge in [-0.05, 0) is 12.8 Å². The molecule has 0 saturated heterocycles. The molecule has 88 valence electrons. The predicted molar refractivity (Wildman–Crippen MR) is 58.9 cm³/mol. The van der Waals surface area contributed by atoms with Crippen molar-refractivity contribution in [2.75, 3.05) is 6.61 Å². The molecule has 1 aliphatic carbocycles. The molecule has 0 spiro atoms. The third kappa shape index (κ3) is 2.24. The minimum atomic E-state index is -0.0987. The average Bonchev–Trinajstić information content (AvgIpc) is 2.86. The van der Waals surface area contributed by atoms with Crippen LogP contribution in [-0.2, 0) is 7.05 Å². The Kier molecular flexibility index (Phi) is 3.24. The predicted octanol–water partition coefficient (Wildman–Crippen LogP) is 0.311. The zero-order valence-electron chi connectivity index (χ0n) is 9.39. The zero-order valence-corrected chi connectivity index (χ0v) is 9.39. The van der Waals surface area contributed by atoms with Gasteiger partial charge in [-0.1, -0.05) is 6.42 Å². The molecule has 1 aromatic heterocycles. The number of hydrogen-bond acceptors (Lipinski definition) is 3. The van der Waals surface area contributed by atoms with Crippen molar-refractivity contribution in [3.63, 3.8) is 0 Å². The third-order valence-electron chi connectivity index (χ3n) is 3.18. The van der Waals surface area contributed by atoms with E-state index >= 15 is 0 Å². The van der Waals surface area contributed by atoms with Crippen molar-refractivity contribution >= 4 is 5.91 Å². The van der Waals surface area contributed by atoms with Crippen LogP contribution in [0, 0.1) is 5.92 Å². The Balaban J connectivity index is 1.97. The molecule has 5 heteroatoms. The summed E-state index contributed by atoms with van der Waals surface area (Å²) in [5.41, 5.74) is 0.575. The van der Waals surface area contributed by atoms with Crippen molar-refractivity contribution in [1.29, 1.82) is 0 Å². The maximum Gasteiger partial charge on any atom is 0.254 e. The number of carbonyl (C=O) groups excluding carboxylic acids is 1. The van der Waals surface area contributed by atoms with Crippen LogP contribution < -0.4 is 5.32 Å². The van der Waals surface area contributed by atoms with E-state index in [4.69, 9.17) is 5.11 Å². The van der Waals surface area contributed by atoms with Crippen molar-refractivity contribution in [1.82, 2.24) is 15.1 Å². The molecule has 2 N–H and O–H groups in total. The van der Waals surface area contributed by atoms with E-state index in [9.17, 15) is 4.79 Å². The number of aliphatic hydroxyl groups excluding tert-OH is 1. The van der Waals surface area contributed by atoms with E-state index in [1.807, 2.05) is 0 Å². The van der Waals surface area contributed by atoms with Gasteiger partial charge in [0, 0.05) is 31.8 Å². The van der Waals surface area contributed by atoms with Gasteiger partial charge in [0.2, 0.25) is 0 Å². The zero-order chi connectivity index (χ0) is 11.5. The average molecular weight is 223 g/mol. The van der Waals surface area contributed by atoms with Gasteiger partial charge in [0.05, 0.1) is 11.8 Å². The fraction of sp³-hybridized carbons (Fsp3) is 0.636. The smallest absolute Gasteiger partial charge is 0.254 e. The Bertz CT molecular complexity index is 375. The second kappa shape index (κ2) is 4.65. The molecule has 0 aliphatic heterocycles. The molecule has 5 nitrogen and oxygen atoms in total. The van der Waals surface area contributed by atoms with Crippen LogP contribution in [0.4, 0.5) is 0 Å². The lowest BCUT2D eigenvalue weighted by molar-refractivity contribution is 0.0916. The lowest BCUT2D eigenvalue weighted by Crippen LogP contribution is -2.38. The maximum absolute atomic E-state index is 11.8. The summed E-state index contributed by atoms with van der Waals surface area (Å²) in [5.74, 6) is 0.110. The van der Waals surface area contributed by atoms with Gasteiger partial charge in [-0.25, -0.2) is 0 Å². The molecule has 1 aromatic rings. The summed E-state index contributed by atoms with van der Waals surface area (Å²) >= 11 is 0. The third-order valence-corrected chi connectivity index (χ3v) is 3.18. The molecule has 1 heterocycles. The highest BCUT2D eigenvalue weighted by atomic mass is 16.3. The quantitative estimate of drug-likeness (QED) is 0.775. The lowest BCUT2D eigenvalue weighted by Gasteiger charge is -2.18. The van der Waals surface area contributed by atoms with Crippen LogP contribution >= 0.6 is 0 Å². The number of aryl methyl sites for hydroxylation is 1. The molecule has 2 unspecified atom stereocenters. The summed E-state index contributed by atoms with van der Waals surface area (Å²) in [6, 6.07) is 0.109. The molecule has 2 rings (SSSR count). The van der Waals surface area contributed by atoms with Gasteiger partial charge in [0.25, 0.3) is 5.91 Å². The summed E-state index contributed by atoms with van der Waals surface area (Å²) in [4.78, 5) is 11.8. The standard InChI is InChI=1S/C11H17N3O2/c1-14-6-9(5-12-14)11(16)13-10-4-2-3-8(10)7-15/h5-6,8,10,15H,2-4,7H2,1H3,(H,13,16). The summed E-state index contributed by atoms with van der Waals surface area (Å²) < 4.78 is 1.60. The number of aromatic nitrogens is 2. The molecular formula is C11H17N3O2. The molecule has 1 amide bonds. The van der Waals surface area contributed by atoms with Crippen LogP contribution in [0.25, 0.3) is 0 Å². The summed E-state index contributed by atoms with van der Waals surface area (Å²) in [6.45, 7) is 0.151. The van der Waals surface area contributed by atoms with Gasteiger partial charge in [-0.15, -0.1) is 0 Å². The van der Waals surface area contributed by atoms with Crippen molar-refractivity contribution in [3.05, 3.63) is 18.0 Å². The minimum Gasteiger partial charge on any atom is -0.396 e. The second-order valence-corrected chi connectivity index (χ2v) is 4.36. The number of hydrogen-bond donors (Lipinski definition) is 2. The highest BCUT2D eigenvalue weighted by Gasteiger charge is 2.28. The highest BCUT2D eigenvalue weighted by molar-refractivity contribution is 5.93. The topological polar surface area (TPSA) is 67.2 Å². The van der Waals surface area contributed by atoms with E-state index in [-0.39, 0.29) is 24.5 Å². The normalized spacial score (nSPS) is 24.6. The van der Waals surface area contributed by atoms with E-state index in [0.29, 0.717) is 5.56 Å². The van der Waals surface area contributed by atoms with Crippen LogP contribution in [-0.4, -0.2) is 33.4 Å². The number of carbonyl (C=O) groups is 1. The van der Waals surface area contributed by atoms with Crippen molar-refractivity contribution < 1.29 is 9.90 Å². The minimum absolute atomic E-state index is 0.0987. The Labute approximate surface area is 94.5 Å². The van der Waals surface area contributed by atoms with Crippen molar-refractivity contribution in [3.8, 4) is 0 Å². The number of rotatable bonds is 3. The van der Waals surface area contributed by atoms with Crippen LogP contribution in [0.5, 0.6) is 0 Å². The molecule has 1 fully saturated rings. The second-order valence-electron chi connectivity index (χ2n) is 4.36. The molecule has 0 radical (unpaired) electrons. The lowest BCUT2D eigenvalue weighted by atomic mass is 10.0. The van der Waals surface area contributed by atoms with Crippen LogP contribution in [0.15, 0.2) is 12.4 Å². The number of aliphatic hydroxyl groups is 1. The van der Waals surface area contributed by atoms with Crippen LogP contribution in [0.2, 0.25) is 0 Å². The number of nitrogens with one attached hydrogen (secondary N) is 1.